The molecule has 1 unspecified atom stereocenters. The second-order valence-corrected chi connectivity index (χ2v) is 5.82. The highest BCUT2D eigenvalue weighted by atomic mass is 32.2. The Hall–Kier alpha value is -0.320. The van der Waals surface area contributed by atoms with E-state index in [4.69, 9.17) is 5.11 Å². The molecule has 2 rings (SSSR count). The van der Waals surface area contributed by atoms with Gasteiger partial charge in [-0.1, -0.05) is 0 Å². The fraction of sp³-hybridized carbons (Fsp3) is 0.500. The van der Waals surface area contributed by atoms with E-state index < -0.39 is 0 Å². The minimum absolute atomic E-state index is 0.293. The van der Waals surface area contributed by atoms with Gasteiger partial charge in [0.2, 0.25) is 0 Å². The molecule has 0 aromatic heterocycles. The molecule has 0 saturated heterocycles. The van der Waals surface area contributed by atoms with Crippen LogP contribution < -0.4 is 5.32 Å². The first-order chi connectivity index (χ1) is 7.83. The van der Waals surface area contributed by atoms with E-state index in [-0.39, 0.29) is 0 Å². The van der Waals surface area contributed by atoms with Crippen molar-refractivity contribution in [3.63, 3.8) is 0 Å². The van der Waals surface area contributed by atoms with Gasteiger partial charge in [0.1, 0.15) is 0 Å². The van der Waals surface area contributed by atoms with Gasteiger partial charge in [0.15, 0.2) is 0 Å². The summed E-state index contributed by atoms with van der Waals surface area (Å²) in [5.41, 5.74) is 1.25. The quantitative estimate of drug-likeness (QED) is 0.810. The Balaban J connectivity index is 2.04. The Morgan fingerprint density at radius 2 is 2.44 bits per heavy atom. The highest BCUT2D eigenvalue weighted by molar-refractivity contribution is 8.00. The SMILES string of the molecule is CSc1ccc2c(c1)SCC(CCCO)N2. The Bertz CT molecular complexity index is 357. The third-order valence-corrected chi connectivity index (χ3v) is 4.64. The third-order valence-electron chi connectivity index (χ3n) is 2.70. The van der Waals surface area contributed by atoms with E-state index >= 15 is 0 Å². The van der Waals surface area contributed by atoms with Gasteiger partial charge in [-0.25, -0.2) is 0 Å². The summed E-state index contributed by atoms with van der Waals surface area (Å²) in [6, 6.07) is 7.08. The van der Waals surface area contributed by atoms with Crippen molar-refractivity contribution in [1.29, 1.82) is 0 Å². The molecule has 0 bridgehead atoms. The Morgan fingerprint density at radius 3 is 3.19 bits per heavy atom. The molecular weight excluding hydrogens is 238 g/mol. The van der Waals surface area contributed by atoms with Gasteiger partial charge in [0, 0.05) is 33.9 Å². The van der Waals surface area contributed by atoms with E-state index in [0.717, 1.165) is 18.6 Å². The van der Waals surface area contributed by atoms with E-state index in [1.807, 2.05) is 11.8 Å². The van der Waals surface area contributed by atoms with Crippen LogP contribution in [0.3, 0.4) is 0 Å². The van der Waals surface area contributed by atoms with Crippen LogP contribution in [0.15, 0.2) is 28.0 Å². The molecule has 2 nitrogen and oxygen atoms in total. The molecule has 1 aliphatic rings. The van der Waals surface area contributed by atoms with Crippen molar-refractivity contribution in [3.05, 3.63) is 18.2 Å². The first-order valence-corrected chi connectivity index (χ1v) is 7.72. The highest BCUT2D eigenvalue weighted by Gasteiger charge is 2.17. The molecule has 1 atom stereocenters. The van der Waals surface area contributed by atoms with Gasteiger partial charge in [0.05, 0.1) is 0 Å². The predicted molar refractivity (Wildman–Crippen MR) is 72.7 cm³/mol. The largest absolute Gasteiger partial charge is 0.396 e. The monoisotopic (exact) mass is 255 g/mol. The standard InChI is InChI=1S/C12H17NOS2/c1-15-10-4-5-11-12(7-10)16-8-9(13-11)3-2-6-14/h4-5,7,9,13-14H,2-3,6,8H2,1H3. The normalized spacial score (nSPS) is 19.0. The number of fused-ring (bicyclic) bond motifs is 1. The summed E-state index contributed by atoms with van der Waals surface area (Å²) >= 11 is 3.70. The zero-order valence-electron chi connectivity index (χ0n) is 9.40. The summed E-state index contributed by atoms with van der Waals surface area (Å²) in [4.78, 5) is 2.67. The second-order valence-electron chi connectivity index (χ2n) is 3.88. The smallest absolute Gasteiger partial charge is 0.0481 e. The molecule has 0 spiro atoms. The lowest BCUT2D eigenvalue weighted by Gasteiger charge is -2.26. The molecular formula is C12H17NOS2. The fourth-order valence-corrected chi connectivity index (χ4v) is 3.45. The van der Waals surface area contributed by atoms with Crippen LogP contribution >= 0.6 is 23.5 Å². The molecule has 88 valence electrons. The van der Waals surface area contributed by atoms with Crippen LogP contribution in [0.4, 0.5) is 5.69 Å². The molecule has 0 aliphatic carbocycles. The van der Waals surface area contributed by atoms with Crippen LogP contribution in [-0.4, -0.2) is 29.8 Å². The Morgan fingerprint density at radius 1 is 1.56 bits per heavy atom. The van der Waals surface area contributed by atoms with Gasteiger partial charge in [-0.05, 0) is 37.3 Å². The van der Waals surface area contributed by atoms with E-state index in [2.05, 4.69) is 29.8 Å². The minimum Gasteiger partial charge on any atom is -0.396 e. The molecule has 0 saturated carbocycles. The van der Waals surface area contributed by atoms with Gasteiger partial charge in [-0.3, -0.25) is 0 Å². The summed E-state index contributed by atoms with van der Waals surface area (Å²) in [7, 11) is 0. The van der Waals surface area contributed by atoms with Gasteiger partial charge in [-0.2, -0.15) is 0 Å². The van der Waals surface area contributed by atoms with Crippen molar-refractivity contribution < 1.29 is 5.11 Å². The summed E-state index contributed by atoms with van der Waals surface area (Å²) < 4.78 is 0. The van der Waals surface area contributed by atoms with E-state index in [1.165, 1.54) is 15.5 Å². The second kappa shape index (κ2) is 5.84. The average molecular weight is 255 g/mol. The van der Waals surface area contributed by atoms with Crippen molar-refractivity contribution in [2.45, 2.75) is 28.7 Å². The molecule has 4 heteroatoms. The molecule has 1 aliphatic heterocycles. The zero-order chi connectivity index (χ0) is 11.4. The van der Waals surface area contributed by atoms with Crippen molar-refractivity contribution in [2.24, 2.45) is 0 Å². The molecule has 1 aromatic carbocycles. The third kappa shape index (κ3) is 2.87. The maximum absolute atomic E-state index is 8.82. The van der Waals surface area contributed by atoms with E-state index in [1.54, 1.807) is 11.8 Å². The lowest BCUT2D eigenvalue weighted by Crippen LogP contribution is -2.26. The number of hydrogen-bond donors (Lipinski definition) is 2. The van der Waals surface area contributed by atoms with Gasteiger partial charge in [0.25, 0.3) is 0 Å². The molecule has 0 fully saturated rings. The maximum atomic E-state index is 8.82. The lowest BCUT2D eigenvalue weighted by atomic mass is 10.1. The number of nitrogens with one attached hydrogen (secondary N) is 1. The van der Waals surface area contributed by atoms with E-state index in [9.17, 15) is 0 Å². The summed E-state index contributed by atoms with van der Waals surface area (Å²) in [6.07, 6.45) is 4.04. The van der Waals surface area contributed by atoms with Crippen LogP contribution in [0, 0.1) is 0 Å². The molecule has 16 heavy (non-hydrogen) atoms. The number of rotatable bonds is 4. The Labute approximate surface area is 105 Å². The number of benzene rings is 1. The summed E-state index contributed by atoms with van der Waals surface area (Å²) in [5, 5.41) is 12.4. The maximum Gasteiger partial charge on any atom is 0.0481 e. The first-order valence-electron chi connectivity index (χ1n) is 5.51. The van der Waals surface area contributed by atoms with Crippen LogP contribution in [-0.2, 0) is 0 Å². The van der Waals surface area contributed by atoms with Crippen LogP contribution in [0.2, 0.25) is 0 Å². The van der Waals surface area contributed by atoms with Gasteiger partial charge in [-0.15, -0.1) is 23.5 Å². The summed E-state index contributed by atoms with van der Waals surface area (Å²) in [6.45, 7) is 0.293. The molecule has 0 amide bonds. The number of hydrogen-bond acceptors (Lipinski definition) is 4. The Kier molecular flexibility index (Phi) is 4.44. The van der Waals surface area contributed by atoms with E-state index in [0.29, 0.717) is 12.6 Å². The fourth-order valence-electron chi connectivity index (χ4n) is 1.81. The number of thioether (sulfide) groups is 2. The van der Waals surface area contributed by atoms with Crippen LogP contribution in [0.5, 0.6) is 0 Å². The molecule has 2 N–H and O–H groups in total. The molecule has 1 aromatic rings. The first kappa shape index (κ1) is 12.1. The van der Waals surface area contributed by atoms with Crippen molar-refractivity contribution in [2.75, 3.05) is 23.9 Å². The predicted octanol–water partition coefficient (Wildman–Crippen LogP) is 3.07. The number of anilines is 1. The van der Waals surface area contributed by atoms with Crippen LogP contribution in [0.25, 0.3) is 0 Å². The van der Waals surface area contributed by atoms with Crippen molar-refractivity contribution in [3.8, 4) is 0 Å². The number of aliphatic hydroxyl groups excluding tert-OH is 1. The number of aliphatic hydroxyl groups is 1. The van der Waals surface area contributed by atoms with Gasteiger partial charge >= 0.3 is 0 Å². The van der Waals surface area contributed by atoms with Crippen LogP contribution in [0.1, 0.15) is 12.8 Å². The van der Waals surface area contributed by atoms with Gasteiger partial charge < -0.3 is 10.4 Å². The van der Waals surface area contributed by atoms with Crippen molar-refractivity contribution in [1.82, 2.24) is 0 Å². The topological polar surface area (TPSA) is 32.3 Å². The average Bonchev–Trinajstić information content (AvgIpc) is 2.35. The molecule has 0 radical (unpaired) electrons. The highest BCUT2D eigenvalue weighted by Crippen LogP contribution is 2.36. The van der Waals surface area contributed by atoms with Crippen molar-refractivity contribution >= 4 is 29.2 Å². The zero-order valence-corrected chi connectivity index (χ0v) is 11.0. The lowest BCUT2D eigenvalue weighted by molar-refractivity contribution is 0.282. The minimum atomic E-state index is 0.293. The summed E-state index contributed by atoms with van der Waals surface area (Å²) in [5.74, 6) is 1.10. The molecule has 1 heterocycles.